The van der Waals surface area contributed by atoms with Crippen LogP contribution in [-0.4, -0.2) is 36.3 Å². The fraction of sp³-hybridized carbons (Fsp3) is 0.556. The summed E-state index contributed by atoms with van der Waals surface area (Å²) in [5.41, 5.74) is 1.76. The number of nitrogens with zero attached hydrogens (tertiary/aromatic N) is 2. The molecule has 0 atom stereocenters. The summed E-state index contributed by atoms with van der Waals surface area (Å²) in [5, 5.41) is 0.591. The van der Waals surface area contributed by atoms with Crippen molar-refractivity contribution in [1.82, 2.24) is 4.90 Å². The largest absolute Gasteiger partial charge is 0.343 e. The number of carbonyl (C=O) groups excluding carboxylic acids is 2. The highest BCUT2D eigenvalue weighted by molar-refractivity contribution is 6.31. The van der Waals surface area contributed by atoms with Crippen LogP contribution in [0.2, 0.25) is 5.02 Å². The second-order valence-electron chi connectivity index (χ2n) is 6.41. The molecule has 1 aliphatic heterocycles. The van der Waals surface area contributed by atoms with Crippen molar-refractivity contribution in [2.24, 2.45) is 5.92 Å². The molecule has 0 N–H and O–H groups in total. The molecule has 1 heterocycles. The number of aryl methyl sites for hydroxylation is 1. The molecule has 1 saturated heterocycles. The van der Waals surface area contributed by atoms with E-state index < -0.39 is 0 Å². The van der Waals surface area contributed by atoms with E-state index >= 15 is 0 Å². The molecule has 23 heavy (non-hydrogen) atoms. The second kappa shape index (κ2) is 7.82. The highest BCUT2D eigenvalue weighted by Crippen LogP contribution is 2.25. The number of piperidine rings is 1. The van der Waals surface area contributed by atoms with E-state index in [4.69, 9.17) is 11.6 Å². The smallest absolute Gasteiger partial charge is 0.224 e. The predicted octanol–water partition coefficient (Wildman–Crippen LogP) is 3.65. The molecule has 1 aliphatic rings. The Morgan fingerprint density at radius 3 is 2.57 bits per heavy atom. The fourth-order valence-electron chi connectivity index (χ4n) is 2.94. The molecule has 0 spiro atoms. The summed E-state index contributed by atoms with van der Waals surface area (Å²) < 4.78 is 0. The van der Waals surface area contributed by atoms with Gasteiger partial charge >= 0.3 is 0 Å². The summed E-state index contributed by atoms with van der Waals surface area (Å²) in [7, 11) is 0. The number of halogens is 1. The van der Waals surface area contributed by atoms with Crippen LogP contribution in [0.5, 0.6) is 0 Å². The van der Waals surface area contributed by atoms with E-state index in [1.165, 1.54) is 6.92 Å². The molecule has 1 aromatic carbocycles. The Balaban J connectivity index is 2.01. The molecular weight excluding hydrogens is 312 g/mol. The topological polar surface area (TPSA) is 40.6 Å². The maximum Gasteiger partial charge on any atom is 0.224 e. The molecule has 2 rings (SSSR count). The second-order valence-corrected chi connectivity index (χ2v) is 6.85. The molecule has 0 aliphatic carbocycles. The maximum atomic E-state index is 12.4. The minimum absolute atomic E-state index is 0.0737. The van der Waals surface area contributed by atoms with Crippen LogP contribution in [-0.2, 0) is 9.59 Å². The summed E-state index contributed by atoms with van der Waals surface area (Å²) in [5.74, 6) is 0.750. The third-order valence-corrected chi connectivity index (χ3v) is 4.76. The lowest BCUT2D eigenvalue weighted by atomic mass is 9.99. The molecule has 1 fully saturated rings. The van der Waals surface area contributed by atoms with Gasteiger partial charge in [-0.15, -0.1) is 0 Å². The minimum atomic E-state index is -0.0737. The molecule has 2 amide bonds. The first kappa shape index (κ1) is 17.8. The molecule has 0 radical (unpaired) electrons. The van der Waals surface area contributed by atoms with Crippen molar-refractivity contribution in [3.05, 3.63) is 28.8 Å². The number of hydrogen-bond donors (Lipinski definition) is 0. The lowest BCUT2D eigenvalue weighted by Gasteiger charge is -2.31. The number of hydrogen-bond acceptors (Lipinski definition) is 2. The van der Waals surface area contributed by atoms with Gasteiger partial charge in [-0.05, 0) is 43.4 Å². The summed E-state index contributed by atoms with van der Waals surface area (Å²) in [6, 6.07) is 5.48. The third-order valence-electron chi connectivity index (χ3n) is 4.53. The molecule has 0 saturated carbocycles. The standard InChI is InChI=1S/C18H25ClN2O2/c1-13-6-9-20(10-7-13)18(23)8-11-21(15(3)22)17-12-16(19)5-4-14(17)2/h4-5,12-13H,6-11H2,1-3H3. The van der Waals surface area contributed by atoms with E-state index in [0.717, 1.165) is 37.2 Å². The van der Waals surface area contributed by atoms with Crippen molar-refractivity contribution < 1.29 is 9.59 Å². The van der Waals surface area contributed by atoms with E-state index in [-0.39, 0.29) is 11.8 Å². The SMILES string of the molecule is CC(=O)N(CCC(=O)N1CCC(C)CC1)c1cc(Cl)ccc1C. The van der Waals surface area contributed by atoms with Crippen LogP contribution < -0.4 is 4.90 Å². The van der Waals surface area contributed by atoms with Gasteiger partial charge in [-0.2, -0.15) is 0 Å². The van der Waals surface area contributed by atoms with Crippen molar-refractivity contribution in [3.8, 4) is 0 Å². The van der Waals surface area contributed by atoms with Crippen LogP contribution in [0.3, 0.4) is 0 Å². The quantitative estimate of drug-likeness (QED) is 0.842. The highest BCUT2D eigenvalue weighted by Gasteiger charge is 2.22. The maximum absolute atomic E-state index is 12.4. The van der Waals surface area contributed by atoms with Gasteiger partial charge in [0.1, 0.15) is 0 Å². The highest BCUT2D eigenvalue weighted by atomic mass is 35.5. The predicted molar refractivity (Wildman–Crippen MR) is 93.8 cm³/mol. The Kier molecular flexibility index (Phi) is 6.05. The number of likely N-dealkylation sites (tertiary alicyclic amines) is 1. The molecular formula is C18H25ClN2O2. The van der Waals surface area contributed by atoms with E-state index in [2.05, 4.69) is 6.92 Å². The van der Waals surface area contributed by atoms with Gasteiger partial charge in [0.05, 0.1) is 0 Å². The van der Waals surface area contributed by atoms with Gasteiger partial charge in [-0.3, -0.25) is 9.59 Å². The summed E-state index contributed by atoms with van der Waals surface area (Å²) in [4.78, 5) is 27.9. The minimum Gasteiger partial charge on any atom is -0.343 e. The first-order valence-corrected chi connectivity index (χ1v) is 8.58. The van der Waals surface area contributed by atoms with E-state index in [0.29, 0.717) is 23.9 Å². The lowest BCUT2D eigenvalue weighted by Crippen LogP contribution is -2.40. The first-order valence-electron chi connectivity index (χ1n) is 8.20. The van der Waals surface area contributed by atoms with Gasteiger partial charge in [0.15, 0.2) is 0 Å². The van der Waals surface area contributed by atoms with Crippen LogP contribution in [0.1, 0.15) is 38.7 Å². The van der Waals surface area contributed by atoms with Crippen LogP contribution in [0, 0.1) is 12.8 Å². The number of benzene rings is 1. The Morgan fingerprint density at radius 1 is 1.30 bits per heavy atom. The van der Waals surface area contributed by atoms with Gasteiger partial charge < -0.3 is 9.80 Å². The van der Waals surface area contributed by atoms with E-state index in [9.17, 15) is 9.59 Å². The van der Waals surface area contributed by atoms with Crippen LogP contribution >= 0.6 is 11.6 Å². The van der Waals surface area contributed by atoms with Gasteiger partial charge in [0, 0.05) is 43.7 Å². The number of anilines is 1. The average Bonchev–Trinajstić information content (AvgIpc) is 2.51. The van der Waals surface area contributed by atoms with Gasteiger partial charge in [-0.25, -0.2) is 0 Å². The van der Waals surface area contributed by atoms with Gasteiger partial charge in [0.25, 0.3) is 0 Å². The summed E-state index contributed by atoms with van der Waals surface area (Å²) in [6.07, 6.45) is 2.48. The van der Waals surface area contributed by atoms with Crippen LogP contribution in [0.25, 0.3) is 0 Å². The molecule has 126 valence electrons. The number of amides is 2. The summed E-state index contributed by atoms with van der Waals surface area (Å²) in [6.45, 7) is 7.73. The van der Waals surface area contributed by atoms with E-state index in [1.54, 1.807) is 17.0 Å². The van der Waals surface area contributed by atoms with Crippen molar-refractivity contribution >= 4 is 29.1 Å². The van der Waals surface area contributed by atoms with Crippen LogP contribution in [0.15, 0.2) is 18.2 Å². The normalized spacial score (nSPS) is 15.6. The molecule has 4 nitrogen and oxygen atoms in total. The Bertz CT molecular complexity index is 580. The number of rotatable bonds is 4. The zero-order valence-corrected chi connectivity index (χ0v) is 14.9. The molecule has 0 aromatic heterocycles. The third kappa shape index (κ3) is 4.71. The van der Waals surface area contributed by atoms with Gasteiger partial charge in [-0.1, -0.05) is 24.6 Å². The van der Waals surface area contributed by atoms with Crippen LogP contribution in [0.4, 0.5) is 5.69 Å². The molecule has 5 heteroatoms. The van der Waals surface area contributed by atoms with Crippen molar-refractivity contribution in [3.63, 3.8) is 0 Å². The van der Waals surface area contributed by atoms with Crippen molar-refractivity contribution in [1.29, 1.82) is 0 Å². The Labute approximate surface area is 143 Å². The van der Waals surface area contributed by atoms with Gasteiger partial charge in [0.2, 0.25) is 11.8 Å². The molecule has 0 bridgehead atoms. The molecule has 0 unspecified atom stereocenters. The summed E-state index contributed by atoms with van der Waals surface area (Å²) >= 11 is 6.05. The monoisotopic (exact) mass is 336 g/mol. The zero-order chi connectivity index (χ0) is 17.0. The van der Waals surface area contributed by atoms with E-state index in [1.807, 2.05) is 17.9 Å². The van der Waals surface area contributed by atoms with Crippen molar-refractivity contribution in [2.75, 3.05) is 24.5 Å². The lowest BCUT2D eigenvalue weighted by molar-refractivity contribution is -0.132. The Morgan fingerprint density at radius 2 is 1.96 bits per heavy atom. The number of carbonyl (C=O) groups is 2. The zero-order valence-electron chi connectivity index (χ0n) is 14.1. The Hall–Kier alpha value is -1.55. The first-order chi connectivity index (χ1) is 10.9. The van der Waals surface area contributed by atoms with Crippen molar-refractivity contribution in [2.45, 2.75) is 40.0 Å². The molecule has 1 aromatic rings. The fourth-order valence-corrected chi connectivity index (χ4v) is 3.11. The average molecular weight is 337 g/mol.